The minimum Gasteiger partial charge on any atom is -0.481 e. The summed E-state index contributed by atoms with van der Waals surface area (Å²) in [4.78, 5) is 23.7. The van der Waals surface area contributed by atoms with E-state index < -0.39 is 11.9 Å². The lowest BCUT2D eigenvalue weighted by Gasteiger charge is -2.20. The van der Waals surface area contributed by atoms with E-state index in [-0.39, 0.29) is 11.5 Å². The van der Waals surface area contributed by atoms with Crippen molar-refractivity contribution in [3.05, 3.63) is 63.6 Å². The summed E-state index contributed by atoms with van der Waals surface area (Å²) in [5, 5.41) is 13.7. The molecular formula is C19H22N2O3. The molecule has 0 radical (unpaired) electrons. The first-order valence-electron chi connectivity index (χ1n) is 8.40. The molecule has 0 aliphatic heterocycles. The number of carboxylic acids is 1. The molecule has 5 nitrogen and oxygen atoms in total. The standard InChI is InChI=1S/C19H22N2O3/c1-13-10-11-20-21(18(13)22)12-14-6-8-16(9-7-14)17(19(23)24)15-4-2-3-5-15/h6-11,15,17H,2-5,12H2,1H3,(H,23,24). The Balaban J connectivity index is 1.80. The highest BCUT2D eigenvalue weighted by Crippen LogP contribution is 2.37. The summed E-state index contributed by atoms with van der Waals surface area (Å²) < 4.78 is 1.43. The van der Waals surface area contributed by atoms with Gasteiger partial charge in [0, 0.05) is 11.8 Å². The van der Waals surface area contributed by atoms with E-state index in [1.165, 1.54) is 4.68 Å². The third-order valence-electron chi connectivity index (χ3n) is 4.91. The minimum absolute atomic E-state index is 0.101. The van der Waals surface area contributed by atoms with Gasteiger partial charge in [-0.15, -0.1) is 0 Å². The first kappa shape index (κ1) is 16.4. The van der Waals surface area contributed by atoms with Gasteiger partial charge in [0.05, 0.1) is 12.5 Å². The Morgan fingerprint density at radius 2 is 1.92 bits per heavy atom. The average Bonchev–Trinajstić information content (AvgIpc) is 3.07. The van der Waals surface area contributed by atoms with Gasteiger partial charge in [0.1, 0.15) is 0 Å². The second kappa shape index (κ2) is 6.99. The fraction of sp³-hybridized carbons (Fsp3) is 0.421. The maximum Gasteiger partial charge on any atom is 0.311 e. The van der Waals surface area contributed by atoms with Gasteiger partial charge in [-0.25, -0.2) is 4.68 Å². The van der Waals surface area contributed by atoms with E-state index in [2.05, 4.69) is 5.10 Å². The van der Waals surface area contributed by atoms with Crippen molar-refractivity contribution < 1.29 is 9.90 Å². The largest absolute Gasteiger partial charge is 0.481 e. The van der Waals surface area contributed by atoms with Crippen LogP contribution >= 0.6 is 0 Å². The lowest BCUT2D eigenvalue weighted by atomic mass is 9.84. The van der Waals surface area contributed by atoms with Gasteiger partial charge in [0.25, 0.3) is 5.56 Å². The lowest BCUT2D eigenvalue weighted by molar-refractivity contribution is -0.140. The Kier molecular flexibility index (Phi) is 4.79. The van der Waals surface area contributed by atoms with Crippen molar-refractivity contribution in [2.75, 3.05) is 0 Å². The number of carboxylic acid groups (broad SMARTS) is 1. The van der Waals surface area contributed by atoms with Crippen molar-refractivity contribution in [3.63, 3.8) is 0 Å². The third-order valence-corrected chi connectivity index (χ3v) is 4.91. The molecule has 5 heteroatoms. The average molecular weight is 326 g/mol. The maximum atomic E-state index is 12.0. The smallest absolute Gasteiger partial charge is 0.311 e. The number of carbonyl (C=O) groups is 1. The summed E-state index contributed by atoms with van der Waals surface area (Å²) >= 11 is 0. The van der Waals surface area contributed by atoms with E-state index in [1.54, 1.807) is 19.2 Å². The molecule has 1 aromatic heterocycles. The fourth-order valence-electron chi connectivity index (χ4n) is 3.58. The van der Waals surface area contributed by atoms with Crippen molar-refractivity contribution >= 4 is 5.97 Å². The summed E-state index contributed by atoms with van der Waals surface area (Å²) in [6.07, 6.45) is 5.83. The molecule has 0 bridgehead atoms. The van der Waals surface area contributed by atoms with Crippen LogP contribution in [0.1, 0.15) is 48.3 Å². The van der Waals surface area contributed by atoms with Crippen LogP contribution in [-0.4, -0.2) is 20.9 Å². The molecule has 2 aromatic rings. The topological polar surface area (TPSA) is 72.2 Å². The van der Waals surface area contributed by atoms with Gasteiger partial charge < -0.3 is 5.11 Å². The third kappa shape index (κ3) is 3.40. The van der Waals surface area contributed by atoms with Gasteiger partial charge in [-0.05, 0) is 42.9 Å². The highest BCUT2D eigenvalue weighted by atomic mass is 16.4. The van der Waals surface area contributed by atoms with Crippen molar-refractivity contribution in [2.24, 2.45) is 5.92 Å². The summed E-state index contributed by atoms with van der Waals surface area (Å²) in [6.45, 7) is 2.16. The van der Waals surface area contributed by atoms with Crippen LogP contribution in [0.15, 0.2) is 41.3 Å². The molecular weight excluding hydrogens is 304 g/mol. The first-order valence-corrected chi connectivity index (χ1v) is 8.40. The second-order valence-electron chi connectivity index (χ2n) is 6.58. The van der Waals surface area contributed by atoms with Crippen LogP contribution in [0, 0.1) is 12.8 Å². The van der Waals surface area contributed by atoms with Crippen molar-refractivity contribution in [2.45, 2.75) is 45.1 Å². The van der Waals surface area contributed by atoms with Crippen LogP contribution in [0.2, 0.25) is 0 Å². The molecule has 1 unspecified atom stereocenters. The summed E-state index contributed by atoms with van der Waals surface area (Å²) in [5.74, 6) is -0.943. The predicted octanol–water partition coefficient (Wildman–Crippen LogP) is 2.96. The van der Waals surface area contributed by atoms with E-state index in [0.717, 1.165) is 36.8 Å². The van der Waals surface area contributed by atoms with Gasteiger partial charge in [-0.2, -0.15) is 5.10 Å². The number of hydrogen-bond donors (Lipinski definition) is 1. The van der Waals surface area contributed by atoms with E-state index in [1.807, 2.05) is 24.3 Å². The zero-order valence-corrected chi connectivity index (χ0v) is 13.8. The van der Waals surface area contributed by atoms with E-state index in [4.69, 9.17) is 0 Å². The Morgan fingerprint density at radius 3 is 2.54 bits per heavy atom. The molecule has 1 fully saturated rings. The number of aryl methyl sites for hydroxylation is 1. The van der Waals surface area contributed by atoms with Gasteiger partial charge in [-0.1, -0.05) is 37.1 Å². The highest BCUT2D eigenvalue weighted by Gasteiger charge is 2.31. The molecule has 0 saturated heterocycles. The molecule has 0 amide bonds. The minimum atomic E-state index is -0.744. The monoisotopic (exact) mass is 326 g/mol. The Morgan fingerprint density at radius 1 is 1.25 bits per heavy atom. The van der Waals surface area contributed by atoms with Crippen LogP contribution in [0.25, 0.3) is 0 Å². The molecule has 1 aliphatic rings. The second-order valence-corrected chi connectivity index (χ2v) is 6.58. The van der Waals surface area contributed by atoms with E-state index >= 15 is 0 Å². The number of aliphatic carboxylic acids is 1. The molecule has 1 aromatic carbocycles. The molecule has 3 rings (SSSR count). The number of benzene rings is 1. The first-order chi connectivity index (χ1) is 11.6. The summed E-state index contributed by atoms with van der Waals surface area (Å²) in [5.41, 5.74) is 2.35. The normalized spacial score (nSPS) is 16.2. The SMILES string of the molecule is Cc1ccnn(Cc2ccc(C(C(=O)O)C3CCCC3)cc2)c1=O. The maximum absolute atomic E-state index is 12.0. The summed E-state index contributed by atoms with van der Waals surface area (Å²) in [7, 11) is 0. The molecule has 1 saturated carbocycles. The van der Waals surface area contributed by atoms with Crippen LogP contribution in [0.4, 0.5) is 0 Å². The van der Waals surface area contributed by atoms with Gasteiger partial charge >= 0.3 is 5.97 Å². The van der Waals surface area contributed by atoms with Crippen LogP contribution in [-0.2, 0) is 11.3 Å². The quantitative estimate of drug-likeness (QED) is 0.917. The van der Waals surface area contributed by atoms with Crippen LogP contribution < -0.4 is 5.56 Å². The van der Waals surface area contributed by atoms with Crippen molar-refractivity contribution in [3.8, 4) is 0 Å². The van der Waals surface area contributed by atoms with Gasteiger partial charge in [-0.3, -0.25) is 9.59 Å². The molecule has 126 valence electrons. The van der Waals surface area contributed by atoms with Gasteiger partial charge in [0.15, 0.2) is 0 Å². The predicted molar refractivity (Wildman–Crippen MR) is 91.1 cm³/mol. The molecule has 1 N–H and O–H groups in total. The highest BCUT2D eigenvalue weighted by molar-refractivity contribution is 5.76. The zero-order valence-electron chi connectivity index (χ0n) is 13.8. The molecule has 0 spiro atoms. The molecule has 1 atom stereocenters. The molecule has 24 heavy (non-hydrogen) atoms. The Bertz CT molecular complexity index is 774. The Labute approximate surface area is 141 Å². The zero-order chi connectivity index (χ0) is 17.1. The van der Waals surface area contributed by atoms with Gasteiger partial charge in [0.2, 0.25) is 0 Å². The molecule has 1 heterocycles. The number of rotatable bonds is 5. The van der Waals surface area contributed by atoms with Crippen LogP contribution in [0.5, 0.6) is 0 Å². The summed E-state index contributed by atoms with van der Waals surface area (Å²) in [6, 6.07) is 9.26. The fourth-order valence-corrected chi connectivity index (χ4v) is 3.58. The number of nitrogens with zero attached hydrogens (tertiary/aromatic N) is 2. The van der Waals surface area contributed by atoms with Crippen LogP contribution in [0.3, 0.4) is 0 Å². The molecule has 1 aliphatic carbocycles. The lowest BCUT2D eigenvalue weighted by Crippen LogP contribution is -2.24. The Hall–Kier alpha value is -2.43. The van der Waals surface area contributed by atoms with Crippen molar-refractivity contribution in [1.29, 1.82) is 0 Å². The number of aromatic nitrogens is 2. The van der Waals surface area contributed by atoms with Crippen molar-refractivity contribution in [1.82, 2.24) is 9.78 Å². The van der Waals surface area contributed by atoms with E-state index in [0.29, 0.717) is 12.1 Å². The van der Waals surface area contributed by atoms with E-state index in [9.17, 15) is 14.7 Å². The number of hydrogen-bond acceptors (Lipinski definition) is 3.